The molecule has 0 aliphatic heterocycles. The second-order valence-electron chi connectivity index (χ2n) is 5.43. The van der Waals surface area contributed by atoms with E-state index in [4.69, 9.17) is 4.74 Å². The lowest BCUT2D eigenvalue weighted by Gasteiger charge is -2.11. The first kappa shape index (κ1) is 14.2. The van der Waals surface area contributed by atoms with E-state index in [1.165, 1.54) is 16.5 Å². The van der Waals surface area contributed by atoms with Gasteiger partial charge in [-0.1, -0.05) is 34.1 Å². The molecule has 3 rings (SSSR count). The van der Waals surface area contributed by atoms with E-state index in [-0.39, 0.29) is 6.10 Å². The van der Waals surface area contributed by atoms with Gasteiger partial charge < -0.3 is 9.30 Å². The number of benzene rings is 2. The third-order valence-corrected chi connectivity index (χ3v) is 3.87. The average molecular weight is 344 g/mol. The van der Waals surface area contributed by atoms with Crippen LogP contribution in [0.2, 0.25) is 0 Å². The second-order valence-corrected chi connectivity index (χ2v) is 6.34. The highest BCUT2D eigenvalue weighted by Crippen LogP contribution is 2.28. The van der Waals surface area contributed by atoms with Gasteiger partial charge in [-0.25, -0.2) is 0 Å². The largest absolute Gasteiger partial charge is 0.490 e. The van der Waals surface area contributed by atoms with Crippen molar-refractivity contribution in [3.8, 4) is 5.75 Å². The number of nitrogens with zero attached hydrogens (tertiary/aromatic N) is 1. The van der Waals surface area contributed by atoms with E-state index in [9.17, 15) is 0 Å². The zero-order valence-corrected chi connectivity index (χ0v) is 13.8. The molecule has 0 saturated heterocycles. The minimum absolute atomic E-state index is 0.184. The SMILES string of the molecule is CC(C)Oc1cccc2c1ccn2Cc1cccc(Br)c1. The number of fused-ring (bicyclic) bond motifs is 1. The molecule has 2 aromatic carbocycles. The number of hydrogen-bond acceptors (Lipinski definition) is 1. The molecule has 0 aliphatic carbocycles. The second kappa shape index (κ2) is 5.94. The molecular formula is C18H18BrNO. The zero-order valence-electron chi connectivity index (χ0n) is 12.2. The Hall–Kier alpha value is -1.74. The van der Waals surface area contributed by atoms with Crippen molar-refractivity contribution >= 4 is 26.8 Å². The monoisotopic (exact) mass is 343 g/mol. The lowest BCUT2D eigenvalue weighted by atomic mass is 10.2. The molecule has 1 aromatic heterocycles. The van der Waals surface area contributed by atoms with Crippen molar-refractivity contribution < 1.29 is 4.74 Å². The van der Waals surface area contributed by atoms with Gasteiger partial charge in [0.1, 0.15) is 5.75 Å². The molecule has 0 spiro atoms. The van der Waals surface area contributed by atoms with Crippen molar-refractivity contribution in [1.29, 1.82) is 0 Å². The van der Waals surface area contributed by atoms with Gasteiger partial charge in [0.05, 0.1) is 11.6 Å². The van der Waals surface area contributed by atoms with Crippen LogP contribution in [0.5, 0.6) is 5.75 Å². The van der Waals surface area contributed by atoms with Crippen LogP contribution in [0, 0.1) is 0 Å². The van der Waals surface area contributed by atoms with E-state index in [2.05, 4.69) is 76.9 Å². The van der Waals surface area contributed by atoms with Crippen LogP contribution in [0.15, 0.2) is 59.2 Å². The first-order chi connectivity index (χ1) is 10.1. The van der Waals surface area contributed by atoms with Crippen LogP contribution in [0.3, 0.4) is 0 Å². The maximum Gasteiger partial charge on any atom is 0.129 e. The van der Waals surface area contributed by atoms with Crippen LogP contribution >= 0.6 is 15.9 Å². The summed E-state index contributed by atoms with van der Waals surface area (Å²) in [7, 11) is 0. The number of hydrogen-bond donors (Lipinski definition) is 0. The smallest absolute Gasteiger partial charge is 0.129 e. The van der Waals surface area contributed by atoms with Gasteiger partial charge in [0.2, 0.25) is 0 Å². The minimum atomic E-state index is 0.184. The molecule has 21 heavy (non-hydrogen) atoms. The summed E-state index contributed by atoms with van der Waals surface area (Å²) < 4.78 is 9.25. The van der Waals surface area contributed by atoms with E-state index < -0.39 is 0 Å². The first-order valence-electron chi connectivity index (χ1n) is 7.12. The predicted octanol–water partition coefficient (Wildman–Crippen LogP) is 5.24. The van der Waals surface area contributed by atoms with Gasteiger partial charge in [-0.3, -0.25) is 0 Å². The topological polar surface area (TPSA) is 14.2 Å². The molecule has 0 N–H and O–H groups in total. The number of rotatable bonds is 4. The fourth-order valence-electron chi connectivity index (χ4n) is 2.52. The van der Waals surface area contributed by atoms with Crippen LogP contribution in [-0.2, 0) is 6.54 Å². The van der Waals surface area contributed by atoms with E-state index in [0.29, 0.717) is 0 Å². The lowest BCUT2D eigenvalue weighted by Crippen LogP contribution is -2.05. The van der Waals surface area contributed by atoms with Gasteiger partial charge >= 0.3 is 0 Å². The van der Waals surface area contributed by atoms with Crippen molar-refractivity contribution in [2.75, 3.05) is 0 Å². The first-order valence-corrected chi connectivity index (χ1v) is 7.92. The highest BCUT2D eigenvalue weighted by Gasteiger charge is 2.08. The molecule has 3 heteroatoms. The Labute approximate surface area is 133 Å². The Bertz CT molecular complexity index is 761. The van der Waals surface area contributed by atoms with Crippen molar-refractivity contribution in [1.82, 2.24) is 4.57 Å². The predicted molar refractivity (Wildman–Crippen MR) is 90.9 cm³/mol. The third-order valence-electron chi connectivity index (χ3n) is 3.38. The molecule has 0 fully saturated rings. The van der Waals surface area contributed by atoms with Crippen LogP contribution in [-0.4, -0.2) is 10.7 Å². The fourth-order valence-corrected chi connectivity index (χ4v) is 2.97. The van der Waals surface area contributed by atoms with Crippen LogP contribution in [0.4, 0.5) is 0 Å². The molecule has 0 radical (unpaired) electrons. The molecule has 0 aliphatic rings. The van der Waals surface area contributed by atoms with Crippen LogP contribution in [0.1, 0.15) is 19.4 Å². The summed E-state index contributed by atoms with van der Waals surface area (Å²) in [5, 5.41) is 1.17. The Morgan fingerprint density at radius 2 is 1.90 bits per heavy atom. The van der Waals surface area contributed by atoms with Crippen LogP contribution < -0.4 is 4.74 Å². The number of halogens is 1. The highest BCUT2D eigenvalue weighted by molar-refractivity contribution is 9.10. The van der Waals surface area contributed by atoms with Crippen molar-refractivity contribution in [3.05, 3.63) is 64.8 Å². The molecular weight excluding hydrogens is 326 g/mol. The van der Waals surface area contributed by atoms with Gasteiger partial charge in [-0.15, -0.1) is 0 Å². The quantitative estimate of drug-likeness (QED) is 0.631. The van der Waals surface area contributed by atoms with Crippen molar-refractivity contribution in [2.45, 2.75) is 26.5 Å². The highest BCUT2D eigenvalue weighted by atomic mass is 79.9. The van der Waals surface area contributed by atoms with Crippen molar-refractivity contribution in [2.24, 2.45) is 0 Å². The van der Waals surface area contributed by atoms with E-state index in [0.717, 1.165) is 16.8 Å². The summed E-state index contributed by atoms with van der Waals surface area (Å²) in [5.41, 5.74) is 2.48. The van der Waals surface area contributed by atoms with E-state index in [1.807, 2.05) is 12.1 Å². The fraction of sp³-hybridized carbons (Fsp3) is 0.222. The molecule has 108 valence electrons. The maximum atomic E-state index is 5.89. The molecule has 3 aromatic rings. The normalized spacial score (nSPS) is 11.2. The standard InChI is InChI=1S/C18H18BrNO/c1-13(2)21-18-8-4-7-17-16(18)9-10-20(17)12-14-5-3-6-15(19)11-14/h3-11,13H,12H2,1-2H3. The molecule has 1 heterocycles. The number of aromatic nitrogens is 1. The summed E-state index contributed by atoms with van der Waals surface area (Å²) in [5.74, 6) is 0.954. The number of ether oxygens (including phenoxy) is 1. The minimum Gasteiger partial charge on any atom is -0.490 e. The molecule has 0 saturated carbocycles. The maximum absolute atomic E-state index is 5.89. The van der Waals surface area contributed by atoms with Gasteiger partial charge in [0.25, 0.3) is 0 Å². The van der Waals surface area contributed by atoms with Crippen molar-refractivity contribution in [3.63, 3.8) is 0 Å². The average Bonchev–Trinajstić information content (AvgIpc) is 2.83. The lowest BCUT2D eigenvalue weighted by molar-refractivity contribution is 0.245. The van der Waals surface area contributed by atoms with Gasteiger partial charge in [0, 0.05) is 22.6 Å². The van der Waals surface area contributed by atoms with Gasteiger partial charge in [0.15, 0.2) is 0 Å². The Morgan fingerprint density at radius 1 is 1.10 bits per heavy atom. The summed E-state index contributed by atoms with van der Waals surface area (Å²) in [6, 6.07) is 16.8. The summed E-state index contributed by atoms with van der Waals surface area (Å²) >= 11 is 3.53. The van der Waals surface area contributed by atoms with E-state index >= 15 is 0 Å². The molecule has 2 nitrogen and oxygen atoms in total. The van der Waals surface area contributed by atoms with Gasteiger partial charge in [-0.05, 0) is 49.7 Å². The summed E-state index contributed by atoms with van der Waals surface area (Å²) in [4.78, 5) is 0. The molecule has 0 unspecified atom stereocenters. The summed E-state index contributed by atoms with van der Waals surface area (Å²) in [6.07, 6.45) is 2.31. The van der Waals surface area contributed by atoms with Gasteiger partial charge in [-0.2, -0.15) is 0 Å². The third kappa shape index (κ3) is 3.13. The van der Waals surface area contributed by atoms with Crippen LogP contribution in [0.25, 0.3) is 10.9 Å². The van der Waals surface area contributed by atoms with E-state index in [1.54, 1.807) is 0 Å². The molecule has 0 amide bonds. The molecule has 0 atom stereocenters. The Morgan fingerprint density at radius 3 is 2.67 bits per heavy atom. The molecule has 0 bridgehead atoms. The zero-order chi connectivity index (χ0) is 14.8. The Kier molecular flexibility index (Phi) is 4.02. The summed E-state index contributed by atoms with van der Waals surface area (Å²) in [6.45, 7) is 4.96. The Balaban J connectivity index is 1.97.